The maximum atomic E-state index is 4.66. The molecule has 0 bridgehead atoms. The first-order valence-electron chi connectivity index (χ1n) is 7.10. The monoisotopic (exact) mass is 250 g/mol. The summed E-state index contributed by atoms with van der Waals surface area (Å²) in [5.74, 6) is 0.761. The number of hydrogen-bond acceptors (Lipinski definition) is 3. The molecule has 0 radical (unpaired) electrons. The summed E-state index contributed by atoms with van der Waals surface area (Å²) in [5, 5.41) is 4.97. The molecule has 3 rings (SSSR count). The van der Waals surface area contributed by atoms with Crippen molar-refractivity contribution >= 4 is 11.3 Å². The van der Waals surface area contributed by atoms with Gasteiger partial charge in [0, 0.05) is 29.6 Å². The van der Waals surface area contributed by atoms with Crippen LogP contribution in [0, 0.1) is 0 Å². The van der Waals surface area contributed by atoms with Crippen molar-refractivity contribution in [2.24, 2.45) is 0 Å². The smallest absolute Gasteiger partial charge is 0.0959 e. The SMILES string of the molecule is c1nc(C2CCCCCC2)sc1CNC1CC1. The molecule has 0 spiro atoms. The van der Waals surface area contributed by atoms with E-state index in [2.05, 4.69) is 16.5 Å². The molecule has 1 heterocycles. The highest BCUT2D eigenvalue weighted by atomic mass is 32.1. The van der Waals surface area contributed by atoms with Crippen LogP contribution in [0.1, 0.15) is 67.2 Å². The molecule has 2 aliphatic carbocycles. The average Bonchev–Trinajstić information content (AvgIpc) is 3.12. The Morgan fingerprint density at radius 1 is 1.12 bits per heavy atom. The Hall–Kier alpha value is -0.410. The first-order valence-corrected chi connectivity index (χ1v) is 7.91. The highest BCUT2D eigenvalue weighted by Gasteiger charge is 2.21. The molecule has 2 nitrogen and oxygen atoms in total. The van der Waals surface area contributed by atoms with Crippen molar-refractivity contribution in [3.05, 3.63) is 16.1 Å². The second-order valence-corrected chi connectivity index (χ2v) is 6.66. The maximum Gasteiger partial charge on any atom is 0.0959 e. The quantitative estimate of drug-likeness (QED) is 0.821. The maximum absolute atomic E-state index is 4.66. The number of rotatable bonds is 4. The molecule has 0 atom stereocenters. The summed E-state index contributed by atoms with van der Waals surface area (Å²) in [7, 11) is 0. The summed E-state index contributed by atoms with van der Waals surface area (Å²) < 4.78 is 0. The van der Waals surface area contributed by atoms with Gasteiger partial charge in [0.1, 0.15) is 0 Å². The molecule has 0 unspecified atom stereocenters. The molecule has 1 aromatic heterocycles. The fourth-order valence-electron chi connectivity index (χ4n) is 2.65. The molecular weight excluding hydrogens is 228 g/mol. The predicted octanol–water partition coefficient (Wildman–Crippen LogP) is 3.83. The molecule has 2 aliphatic rings. The van der Waals surface area contributed by atoms with Gasteiger partial charge in [-0.05, 0) is 25.7 Å². The highest BCUT2D eigenvalue weighted by Crippen LogP contribution is 2.34. The topological polar surface area (TPSA) is 24.9 Å². The van der Waals surface area contributed by atoms with E-state index in [0.29, 0.717) is 0 Å². The molecule has 0 aliphatic heterocycles. The third-order valence-corrected chi connectivity index (χ3v) is 5.08. The van der Waals surface area contributed by atoms with E-state index in [9.17, 15) is 0 Å². The van der Waals surface area contributed by atoms with Crippen molar-refractivity contribution in [1.82, 2.24) is 10.3 Å². The standard InChI is InChI=1S/C14H22N2S/c1-2-4-6-11(5-3-1)14-16-10-13(17-14)9-15-12-7-8-12/h10-12,15H,1-9H2. The van der Waals surface area contributed by atoms with Crippen LogP contribution in [0.2, 0.25) is 0 Å². The fourth-order valence-corrected chi connectivity index (χ4v) is 3.69. The van der Waals surface area contributed by atoms with Crippen LogP contribution in [-0.2, 0) is 6.54 Å². The average molecular weight is 250 g/mol. The van der Waals surface area contributed by atoms with Crippen molar-refractivity contribution in [3.63, 3.8) is 0 Å². The molecule has 2 fully saturated rings. The minimum absolute atomic E-state index is 0.761. The third-order valence-electron chi connectivity index (χ3n) is 3.92. The summed E-state index contributed by atoms with van der Waals surface area (Å²) in [6.45, 7) is 1.04. The van der Waals surface area contributed by atoms with Gasteiger partial charge in [0.15, 0.2) is 0 Å². The summed E-state index contributed by atoms with van der Waals surface area (Å²) >= 11 is 1.94. The van der Waals surface area contributed by atoms with E-state index < -0.39 is 0 Å². The van der Waals surface area contributed by atoms with Gasteiger partial charge in [-0.2, -0.15) is 0 Å². The number of nitrogens with one attached hydrogen (secondary N) is 1. The first-order chi connectivity index (χ1) is 8.42. The molecule has 2 saturated carbocycles. The van der Waals surface area contributed by atoms with E-state index >= 15 is 0 Å². The van der Waals surface area contributed by atoms with Gasteiger partial charge in [-0.15, -0.1) is 11.3 Å². The van der Waals surface area contributed by atoms with Gasteiger partial charge in [-0.3, -0.25) is 0 Å². The Morgan fingerprint density at radius 2 is 1.88 bits per heavy atom. The zero-order valence-corrected chi connectivity index (χ0v) is 11.3. The second kappa shape index (κ2) is 5.49. The van der Waals surface area contributed by atoms with Gasteiger partial charge >= 0.3 is 0 Å². The van der Waals surface area contributed by atoms with Gasteiger partial charge < -0.3 is 5.32 Å². The molecule has 3 heteroatoms. The van der Waals surface area contributed by atoms with E-state index in [1.807, 2.05) is 11.3 Å². The van der Waals surface area contributed by atoms with Gasteiger partial charge in [0.05, 0.1) is 5.01 Å². The zero-order valence-electron chi connectivity index (χ0n) is 10.5. The lowest BCUT2D eigenvalue weighted by molar-refractivity contribution is 0.589. The van der Waals surface area contributed by atoms with Crippen LogP contribution in [0.3, 0.4) is 0 Å². The van der Waals surface area contributed by atoms with Gasteiger partial charge in [-0.1, -0.05) is 25.7 Å². The summed E-state index contributed by atoms with van der Waals surface area (Å²) in [4.78, 5) is 6.09. The van der Waals surface area contributed by atoms with Crippen LogP contribution in [0.4, 0.5) is 0 Å². The molecule has 94 valence electrons. The minimum atomic E-state index is 0.761. The lowest BCUT2D eigenvalue weighted by Gasteiger charge is -2.09. The molecule has 1 N–H and O–H groups in total. The number of hydrogen-bond donors (Lipinski definition) is 1. The van der Waals surface area contributed by atoms with E-state index in [4.69, 9.17) is 0 Å². The van der Waals surface area contributed by atoms with Crippen molar-refractivity contribution in [2.45, 2.75) is 69.9 Å². The van der Waals surface area contributed by atoms with E-state index in [1.54, 1.807) is 0 Å². The fraction of sp³-hybridized carbons (Fsp3) is 0.786. The van der Waals surface area contributed by atoms with E-state index in [0.717, 1.165) is 18.5 Å². The third kappa shape index (κ3) is 3.29. The number of aromatic nitrogens is 1. The van der Waals surface area contributed by atoms with Crippen molar-refractivity contribution < 1.29 is 0 Å². The lowest BCUT2D eigenvalue weighted by atomic mass is 10.0. The first kappa shape index (κ1) is 11.7. The van der Waals surface area contributed by atoms with Crippen molar-refractivity contribution in [3.8, 4) is 0 Å². The predicted molar refractivity (Wildman–Crippen MR) is 72.4 cm³/mol. The minimum Gasteiger partial charge on any atom is -0.309 e. The van der Waals surface area contributed by atoms with Crippen LogP contribution in [-0.4, -0.2) is 11.0 Å². The Bertz CT molecular complexity index is 349. The Morgan fingerprint density at radius 3 is 2.59 bits per heavy atom. The van der Waals surface area contributed by atoms with Crippen molar-refractivity contribution in [1.29, 1.82) is 0 Å². The Balaban J connectivity index is 1.57. The van der Waals surface area contributed by atoms with Gasteiger partial charge in [0.25, 0.3) is 0 Å². The van der Waals surface area contributed by atoms with Crippen molar-refractivity contribution in [2.75, 3.05) is 0 Å². The molecule has 0 saturated heterocycles. The van der Waals surface area contributed by atoms with Gasteiger partial charge in [-0.25, -0.2) is 4.98 Å². The van der Waals surface area contributed by atoms with E-state index in [1.165, 1.54) is 61.3 Å². The summed E-state index contributed by atoms with van der Waals surface area (Å²) in [6, 6.07) is 0.804. The molecule has 17 heavy (non-hydrogen) atoms. The largest absolute Gasteiger partial charge is 0.309 e. The van der Waals surface area contributed by atoms with Crippen LogP contribution in [0.25, 0.3) is 0 Å². The number of thiazole rings is 1. The molecule has 1 aromatic rings. The van der Waals surface area contributed by atoms with Crippen LogP contribution in [0.5, 0.6) is 0 Å². The van der Waals surface area contributed by atoms with Crippen LogP contribution >= 0.6 is 11.3 Å². The normalized spacial score (nSPS) is 22.6. The summed E-state index contributed by atoms with van der Waals surface area (Å²) in [6.07, 6.45) is 13.2. The Kier molecular flexibility index (Phi) is 3.77. The Labute approximate surface area is 108 Å². The zero-order chi connectivity index (χ0) is 11.5. The van der Waals surface area contributed by atoms with Gasteiger partial charge in [0.2, 0.25) is 0 Å². The van der Waals surface area contributed by atoms with Crippen LogP contribution in [0.15, 0.2) is 6.20 Å². The highest BCUT2D eigenvalue weighted by molar-refractivity contribution is 7.11. The van der Waals surface area contributed by atoms with E-state index in [-0.39, 0.29) is 0 Å². The molecular formula is C14H22N2S. The second-order valence-electron chi connectivity index (χ2n) is 5.51. The lowest BCUT2D eigenvalue weighted by Crippen LogP contribution is -2.14. The molecule has 0 amide bonds. The number of nitrogens with zero attached hydrogens (tertiary/aromatic N) is 1. The van der Waals surface area contributed by atoms with Crippen LogP contribution < -0.4 is 5.32 Å². The molecule has 0 aromatic carbocycles. The summed E-state index contributed by atoms with van der Waals surface area (Å²) in [5.41, 5.74) is 0.